The van der Waals surface area contributed by atoms with Gasteiger partial charge in [0.05, 0.1) is 17.3 Å². The number of aromatic carboxylic acids is 1. The molecule has 4 aromatic rings. The molecular formula is C26H21N3O3S. The molecule has 1 saturated heterocycles. The van der Waals surface area contributed by atoms with Crippen LogP contribution in [-0.4, -0.2) is 26.1 Å². The minimum absolute atomic E-state index is 0.188. The van der Waals surface area contributed by atoms with Gasteiger partial charge < -0.3 is 19.7 Å². The first-order chi connectivity index (χ1) is 16.1. The number of carboxylic acid groups (broad SMARTS) is 1. The molecule has 1 aliphatic heterocycles. The second-order valence-corrected chi connectivity index (χ2v) is 8.21. The van der Waals surface area contributed by atoms with Crippen molar-refractivity contribution >= 4 is 23.3 Å². The standard InChI is InChI=1S/C26H21N3O3S/c30-25(31)19-10-6-9-18(15-19)21-12-13-22(32-21)24-23(20-11-4-5-14-27-20)28-26(33)29(24)16-17-7-2-1-3-8-17/h1-15,23-24H,16H2,(H,28,33)(H,30,31). The maximum Gasteiger partial charge on any atom is 0.335 e. The van der Waals surface area contributed by atoms with Gasteiger partial charge in [0.25, 0.3) is 0 Å². The van der Waals surface area contributed by atoms with Crippen molar-refractivity contribution in [3.8, 4) is 11.3 Å². The Kier molecular flexibility index (Phi) is 5.62. The summed E-state index contributed by atoms with van der Waals surface area (Å²) in [4.78, 5) is 18.0. The zero-order valence-corrected chi connectivity index (χ0v) is 18.4. The Morgan fingerprint density at radius 2 is 1.85 bits per heavy atom. The fourth-order valence-electron chi connectivity index (χ4n) is 4.14. The molecule has 2 aromatic carbocycles. The molecule has 0 aliphatic carbocycles. The molecule has 2 unspecified atom stereocenters. The lowest BCUT2D eigenvalue weighted by atomic mass is 10.0. The SMILES string of the molecule is O=C(O)c1cccc(-c2ccc(C3C(c4ccccn4)NC(=S)N3Cc3ccccc3)o2)c1. The number of hydrogen-bond donors (Lipinski definition) is 2. The van der Waals surface area contributed by atoms with Gasteiger partial charge in [-0.2, -0.15) is 0 Å². The van der Waals surface area contributed by atoms with E-state index in [-0.39, 0.29) is 17.6 Å². The van der Waals surface area contributed by atoms with E-state index in [1.807, 2.05) is 54.6 Å². The van der Waals surface area contributed by atoms with Crippen LogP contribution in [0.25, 0.3) is 11.3 Å². The maximum atomic E-state index is 11.4. The molecule has 2 atom stereocenters. The summed E-state index contributed by atoms with van der Waals surface area (Å²) in [6.45, 7) is 0.616. The number of aromatic nitrogens is 1. The number of pyridine rings is 1. The van der Waals surface area contributed by atoms with Crippen molar-refractivity contribution in [2.45, 2.75) is 18.6 Å². The average molecular weight is 456 g/mol. The summed E-state index contributed by atoms with van der Waals surface area (Å²) in [5.41, 5.74) is 2.92. The molecule has 7 heteroatoms. The Bertz CT molecular complexity index is 1290. The van der Waals surface area contributed by atoms with E-state index in [0.29, 0.717) is 23.0 Å². The fourth-order valence-corrected chi connectivity index (χ4v) is 4.44. The zero-order valence-electron chi connectivity index (χ0n) is 17.6. The molecule has 1 aliphatic rings. The van der Waals surface area contributed by atoms with E-state index in [4.69, 9.17) is 16.6 Å². The third kappa shape index (κ3) is 4.23. The minimum Gasteiger partial charge on any atom is -0.478 e. The molecule has 164 valence electrons. The summed E-state index contributed by atoms with van der Waals surface area (Å²) >= 11 is 5.72. The number of rotatable bonds is 6. The number of thiocarbonyl (C=S) groups is 1. The van der Waals surface area contributed by atoms with Crippen LogP contribution in [0.5, 0.6) is 0 Å². The highest BCUT2D eigenvalue weighted by Gasteiger charge is 2.41. The van der Waals surface area contributed by atoms with E-state index in [2.05, 4.69) is 27.3 Å². The maximum absolute atomic E-state index is 11.4. The summed E-state index contributed by atoms with van der Waals surface area (Å²) < 4.78 is 6.29. The molecule has 0 bridgehead atoms. The first-order valence-electron chi connectivity index (χ1n) is 10.6. The Hall–Kier alpha value is -3.97. The van der Waals surface area contributed by atoms with Crippen molar-refractivity contribution in [1.29, 1.82) is 0 Å². The van der Waals surface area contributed by atoms with Gasteiger partial charge in [0, 0.05) is 18.3 Å². The first-order valence-corrected chi connectivity index (χ1v) is 11.0. The molecule has 6 nitrogen and oxygen atoms in total. The van der Waals surface area contributed by atoms with Crippen LogP contribution >= 0.6 is 12.2 Å². The van der Waals surface area contributed by atoms with Crippen LogP contribution in [0.3, 0.4) is 0 Å². The molecule has 2 N–H and O–H groups in total. The second kappa shape index (κ2) is 8.88. The Morgan fingerprint density at radius 1 is 1.03 bits per heavy atom. The molecule has 0 spiro atoms. The van der Waals surface area contributed by atoms with Crippen LogP contribution in [0.15, 0.2) is 95.5 Å². The van der Waals surface area contributed by atoms with Crippen LogP contribution in [0.4, 0.5) is 0 Å². The van der Waals surface area contributed by atoms with Gasteiger partial charge in [-0.1, -0.05) is 48.5 Å². The predicted octanol–water partition coefficient (Wildman–Crippen LogP) is 5.21. The van der Waals surface area contributed by atoms with E-state index >= 15 is 0 Å². The molecule has 33 heavy (non-hydrogen) atoms. The smallest absolute Gasteiger partial charge is 0.335 e. The third-order valence-electron chi connectivity index (χ3n) is 5.71. The van der Waals surface area contributed by atoms with Gasteiger partial charge in [-0.25, -0.2) is 4.79 Å². The molecule has 2 aromatic heterocycles. The largest absolute Gasteiger partial charge is 0.478 e. The fraction of sp³-hybridized carbons (Fsp3) is 0.115. The van der Waals surface area contributed by atoms with E-state index in [1.165, 1.54) is 0 Å². The summed E-state index contributed by atoms with van der Waals surface area (Å²) in [6.07, 6.45) is 1.77. The van der Waals surface area contributed by atoms with Crippen molar-refractivity contribution in [2.24, 2.45) is 0 Å². The highest BCUT2D eigenvalue weighted by atomic mass is 32.1. The lowest BCUT2D eigenvalue weighted by Gasteiger charge is -2.26. The van der Waals surface area contributed by atoms with Crippen LogP contribution in [0, 0.1) is 0 Å². The highest BCUT2D eigenvalue weighted by molar-refractivity contribution is 7.80. The van der Waals surface area contributed by atoms with Gasteiger partial charge in [-0.05, 0) is 54.2 Å². The van der Waals surface area contributed by atoms with E-state index in [0.717, 1.165) is 17.0 Å². The lowest BCUT2D eigenvalue weighted by Crippen LogP contribution is -2.29. The van der Waals surface area contributed by atoms with Gasteiger partial charge in [-0.3, -0.25) is 4.98 Å². The van der Waals surface area contributed by atoms with Crippen LogP contribution in [0.1, 0.15) is 39.5 Å². The molecule has 1 fully saturated rings. The molecule has 0 saturated carbocycles. The predicted molar refractivity (Wildman–Crippen MR) is 129 cm³/mol. The summed E-state index contributed by atoms with van der Waals surface area (Å²) in [7, 11) is 0. The minimum atomic E-state index is -0.974. The monoisotopic (exact) mass is 455 g/mol. The van der Waals surface area contributed by atoms with Gasteiger partial charge >= 0.3 is 5.97 Å². The normalized spacial score (nSPS) is 17.7. The van der Waals surface area contributed by atoms with Gasteiger partial charge in [-0.15, -0.1) is 0 Å². The number of hydrogen-bond acceptors (Lipinski definition) is 4. The Morgan fingerprint density at radius 3 is 2.61 bits per heavy atom. The lowest BCUT2D eigenvalue weighted by molar-refractivity contribution is 0.0697. The number of furan rings is 1. The second-order valence-electron chi connectivity index (χ2n) is 7.83. The van der Waals surface area contributed by atoms with E-state index in [9.17, 15) is 9.90 Å². The first kappa shape index (κ1) is 20.9. The van der Waals surface area contributed by atoms with Crippen LogP contribution < -0.4 is 5.32 Å². The Balaban J connectivity index is 1.53. The highest BCUT2D eigenvalue weighted by Crippen LogP contribution is 2.41. The van der Waals surface area contributed by atoms with Crippen molar-refractivity contribution in [3.63, 3.8) is 0 Å². The molecule has 0 radical (unpaired) electrons. The Labute approximate surface area is 196 Å². The average Bonchev–Trinajstić information content (AvgIpc) is 3.45. The van der Waals surface area contributed by atoms with Crippen molar-refractivity contribution in [2.75, 3.05) is 0 Å². The molecule has 0 amide bonds. The number of carbonyl (C=O) groups is 1. The summed E-state index contributed by atoms with van der Waals surface area (Å²) in [5, 5.41) is 13.4. The van der Waals surface area contributed by atoms with Gasteiger partial charge in [0.2, 0.25) is 0 Å². The van der Waals surface area contributed by atoms with Crippen molar-refractivity contribution in [1.82, 2.24) is 15.2 Å². The third-order valence-corrected chi connectivity index (χ3v) is 6.06. The summed E-state index contributed by atoms with van der Waals surface area (Å²) in [6, 6.07) is 26.1. The van der Waals surface area contributed by atoms with Gasteiger partial charge in [0.1, 0.15) is 17.6 Å². The molecule has 5 rings (SSSR count). The topological polar surface area (TPSA) is 78.6 Å². The van der Waals surface area contributed by atoms with Crippen molar-refractivity contribution < 1.29 is 14.3 Å². The van der Waals surface area contributed by atoms with Crippen LogP contribution in [0.2, 0.25) is 0 Å². The van der Waals surface area contributed by atoms with Crippen LogP contribution in [-0.2, 0) is 6.54 Å². The summed E-state index contributed by atoms with van der Waals surface area (Å²) in [5.74, 6) is 0.355. The molecule has 3 heterocycles. The number of benzene rings is 2. The number of nitrogens with zero attached hydrogens (tertiary/aromatic N) is 2. The van der Waals surface area contributed by atoms with E-state index in [1.54, 1.807) is 24.4 Å². The number of carboxylic acids is 1. The number of nitrogens with one attached hydrogen (secondary N) is 1. The van der Waals surface area contributed by atoms with Crippen molar-refractivity contribution in [3.05, 3.63) is 114 Å². The molecular weight excluding hydrogens is 434 g/mol. The quantitative estimate of drug-likeness (QED) is 0.386. The van der Waals surface area contributed by atoms with Gasteiger partial charge in [0.15, 0.2) is 5.11 Å². The van der Waals surface area contributed by atoms with E-state index < -0.39 is 5.97 Å². The zero-order chi connectivity index (χ0) is 22.8.